The normalized spacial score (nSPS) is 34.4. The lowest BCUT2D eigenvalue weighted by molar-refractivity contribution is -0.147. The van der Waals surface area contributed by atoms with E-state index in [4.69, 9.17) is 0 Å². The quantitative estimate of drug-likeness (QED) is 0.646. The minimum absolute atomic E-state index is 0.0136. The van der Waals surface area contributed by atoms with Crippen LogP contribution in [0.1, 0.15) is 48.2 Å². The summed E-state index contributed by atoms with van der Waals surface area (Å²) in [7, 11) is 0. The summed E-state index contributed by atoms with van der Waals surface area (Å²) in [5.41, 5.74) is 5.06. The molecule has 4 saturated carbocycles. The molecule has 0 atom stereocenters. The average Bonchev–Trinajstić information content (AvgIpc) is 2.82. The van der Waals surface area contributed by atoms with Crippen molar-refractivity contribution in [3.63, 3.8) is 0 Å². The third-order valence-corrected chi connectivity index (χ3v) is 8.93. The number of halogens is 2. The van der Waals surface area contributed by atoms with Crippen molar-refractivity contribution in [2.45, 2.75) is 38.5 Å². The molecule has 1 heterocycles. The number of amides is 2. The lowest BCUT2D eigenvalue weighted by atomic mass is 9.49. The third-order valence-electron chi connectivity index (χ3n) is 5.68. The second-order valence-electron chi connectivity index (χ2n) is 7.34. The summed E-state index contributed by atoms with van der Waals surface area (Å²) >= 11 is 8.09. The number of hydrogen-bond donors (Lipinski definition) is 2. The molecule has 2 N–H and O–H groups in total. The summed E-state index contributed by atoms with van der Waals surface area (Å²) in [6.07, 6.45) is 6.90. The highest BCUT2D eigenvalue weighted by atomic mass is 79.9. The Morgan fingerprint density at radius 3 is 2.09 bits per heavy atom. The van der Waals surface area contributed by atoms with Gasteiger partial charge < -0.3 is 0 Å². The van der Waals surface area contributed by atoms with Crippen LogP contribution in [0.2, 0.25) is 0 Å². The summed E-state index contributed by atoms with van der Waals surface area (Å²) in [6.45, 7) is 0. The Bertz CT molecular complexity index is 618. The van der Waals surface area contributed by atoms with E-state index in [1.165, 1.54) is 30.6 Å². The van der Waals surface area contributed by atoms with Crippen molar-refractivity contribution < 1.29 is 9.59 Å². The van der Waals surface area contributed by atoms with Crippen LogP contribution in [0, 0.1) is 23.2 Å². The molecule has 2 amide bonds. The molecule has 1 aromatic heterocycles. The van der Waals surface area contributed by atoms with E-state index < -0.39 is 0 Å². The molecule has 0 aromatic carbocycles. The van der Waals surface area contributed by atoms with Crippen molar-refractivity contribution in [2.24, 2.45) is 23.2 Å². The number of carbonyl (C=O) groups excluding carboxylic acids is 2. The summed E-state index contributed by atoms with van der Waals surface area (Å²) < 4.78 is 1.72. The fourth-order valence-corrected chi connectivity index (χ4v) is 7.09. The standard InChI is InChI=1S/C16H18Br2N2O2S/c17-11-4-12(23-13(11)18)14(21)19-20-15(22)16-5-8-1-9(6-16)3-10(2-8)7-16/h4,8-10H,1-3,5-7H2,(H,19,21)(H,20,22). The van der Waals surface area contributed by atoms with E-state index in [0.717, 1.165) is 27.5 Å². The predicted molar refractivity (Wildman–Crippen MR) is 95.9 cm³/mol. The number of rotatable bonds is 2. The van der Waals surface area contributed by atoms with Crippen LogP contribution in [0.3, 0.4) is 0 Å². The minimum atomic E-state index is -0.264. The zero-order valence-electron chi connectivity index (χ0n) is 12.5. The average molecular weight is 462 g/mol. The van der Waals surface area contributed by atoms with Gasteiger partial charge in [0.15, 0.2) is 0 Å². The van der Waals surface area contributed by atoms with Gasteiger partial charge in [0.25, 0.3) is 5.91 Å². The SMILES string of the molecule is O=C(NNC(=O)C12CC3CC(CC(C3)C1)C2)c1cc(Br)c(Br)s1. The molecule has 4 bridgehead atoms. The highest BCUT2D eigenvalue weighted by molar-refractivity contribution is 9.13. The van der Waals surface area contributed by atoms with Crippen LogP contribution in [0.15, 0.2) is 14.3 Å². The lowest BCUT2D eigenvalue weighted by Gasteiger charge is -2.55. The maximum absolute atomic E-state index is 12.8. The van der Waals surface area contributed by atoms with Crippen molar-refractivity contribution in [1.29, 1.82) is 0 Å². The van der Waals surface area contributed by atoms with Gasteiger partial charge in [-0.05, 0) is 94.2 Å². The fraction of sp³-hybridized carbons (Fsp3) is 0.625. The number of nitrogens with one attached hydrogen (secondary N) is 2. The first-order valence-corrected chi connectivity index (χ1v) is 10.4. The molecule has 4 aliphatic carbocycles. The van der Waals surface area contributed by atoms with E-state index in [1.54, 1.807) is 6.07 Å². The maximum atomic E-state index is 12.8. The van der Waals surface area contributed by atoms with E-state index in [1.807, 2.05) is 0 Å². The fourth-order valence-electron chi connectivity index (χ4n) is 5.15. The molecule has 4 fully saturated rings. The molecule has 0 aliphatic heterocycles. The summed E-state index contributed by atoms with van der Waals surface area (Å²) in [4.78, 5) is 25.5. The minimum Gasteiger partial charge on any atom is -0.273 e. The van der Waals surface area contributed by atoms with E-state index in [2.05, 4.69) is 42.7 Å². The molecule has 1 aromatic rings. The van der Waals surface area contributed by atoms with Crippen LogP contribution in [0.5, 0.6) is 0 Å². The van der Waals surface area contributed by atoms with Crippen molar-refractivity contribution >= 4 is 55.0 Å². The molecule has 124 valence electrons. The van der Waals surface area contributed by atoms with Crippen LogP contribution >= 0.6 is 43.2 Å². The van der Waals surface area contributed by atoms with E-state index >= 15 is 0 Å². The Hall–Kier alpha value is -0.400. The van der Waals surface area contributed by atoms with Crippen molar-refractivity contribution in [3.05, 3.63) is 19.2 Å². The van der Waals surface area contributed by atoms with Gasteiger partial charge in [0.2, 0.25) is 5.91 Å². The Morgan fingerprint density at radius 1 is 1.04 bits per heavy atom. The monoisotopic (exact) mass is 460 g/mol. The second kappa shape index (κ2) is 5.85. The zero-order valence-corrected chi connectivity index (χ0v) is 16.5. The summed E-state index contributed by atoms with van der Waals surface area (Å²) in [6, 6.07) is 1.75. The van der Waals surface area contributed by atoms with Gasteiger partial charge >= 0.3 is 0 Å². The maximum Gasteiger partial charge on any atom is 0.279 e. The summed E-state index contributed by atoms with van der Waals surface area (Å²) in [5, 5.41) is 0. The third kappa shape index (κ3) is 2.89. The Morgan fingerprint density at radius 2 is 1.61 bits per heavy atom. The molecule has 0 radical (unpaired) electrons. The zero-order chi connectivity index (χ0) is 16.2. The largest absolute Gasteiger partial charge is 0.279 e. The van der Waals surface area contributed by atoms with Crippen LogP contribution in [-0.2, 0) is 4.79 Å². The molecule has 0 unspecified atom stereocenters. The molecular weight excluding hydrogens is 444 g/mol. The first-order chi connectivity index (χ1) is 10.9. The number of hydrogen-bond acceptors (Lipinski definition) is 3. The number of carbonyl (C=O) groups is 2. The summed E-state index contributed by atoms with van der Waals surface area (Å²) in [5.74, 6) is 1.89. The van der Waals surface area contributed by atoms with Gasteiger partial charge in [0, 0.05) is 4.47 Å². The highest BCUT2D eigenvalue weighted by Crippen LogP contribution is 2.60. The predicted octanol–water partition coefficient (Wildman–Crippen LogP) is 4.25. The van der Waals surface area contributed by atoms with Crippen molar-refractivity contribution in [2.75, 3.05) is 0 Å². The Balaban J connectivity index is 1.41. The number of hydrazine groups is 1. The molecule has 0 spiro atoms. The first-order valence-electron chi connectivity index (χ1n) is 8.01. The van der Waals surface area contributed by atoms with Crippen molar-refractivity contribution in [1.82, 2.24) is 10.9 Å². The second-order valence-corrected chi connectivity index (χ2v) is 10.6. The molecule has 4 nitrogen and oxygen atoms in total. The van der Waals surface area contributed by atoms with Gasteiger partial charge in [-0.1, -0.05) is 0 Å². The van der Waals surface area contributed by atoms with E-state index in [-0.39, 0.29) is 17.2 Å². The van der Waals surface area contributed by atoms with Gasteiger partial charge in [-0.25, -0.2) is 0 Å². The Kier molecular flexibility index (Phi) is 4.09. The van der Waals surface area contributed by atoms with Crippen LogP contribution in [0.25, 0.3) is 0 Å². The molecule has 5 rings (SSSR count). The topological polar surface area (TPSA) is 58.2 Å². The molecule has 23 heavy (non-hydrogen) atoms. The van der Waals surface area contributed by atoms with Crippen LogP contribution in [-0.4, -0.2) is 11.8 Å². The van der Waals surface area contributed by atoms with Crippen molar-refractivity contribution in [3.8, 4) is 0 Å². The van der Waals surface area contributed by atoms with E-state index in [9.17, 15) is 9.59 Å². The van der Waals surface area contributed by atoms with Gasteiger partial charge in [-0.2, -0.15) is 0 Å². The van der Waals surface area contributed by atoms with Gasteiger partial charge in [-0.15, -0.1) is 11.3 Å². The molecule has 7 heteroatoms. The molecule has 4 aliphatic rings. The van der Waals surface area contributed by atoms with Crippen LogP contribution in [0.4, 0.5) is 0 Å². The highest BCUT2D eigenvalue weighted by Gasteiger charge is 2.54. The molecular formula is C16H18Br2N2O2S. The van der Waals surface area contributed by atoms with Gasteiger partial charge in [-0.3, -0.25) is 20.4 Å². The van der Waals surface area contributed by atoms with Crippen LogP contribution < -0.4 is 10.9 Å². The number of thiophene rings is 1. The Labute approximate surface area is 156 Å². The lowest BCUT2D eigenvalue weighted by Crippen LogP contribution is -2.56. The van der Waals surface area contributed by atoms with Gasteiger partial charge in [0.1, 0.15) is 0 Å². The first kappa shape index (κ1) is 16.1. The smallest absolute Gasteiger partial charge is 0.273 e. The van der Waals surface area contributed by atoms with E-state index in [0.29, 0.717) is 22.6 Å². The van der Waals surface area contributed by atoms with Gasteiger partial charge in [0.05, 0.1) is 14.1 Å². The molecule has 0 saturated heterocycles.